The summed E-state index contributed by atoms with van der Waals surface area (Å²) < 4.78 is 2.31. The van der Waals surface area contributed by atoms with Gasteiger partial charge >= 0.3 is 0 Å². The Morgan fingerprint density at radius 3 is 1.74 bits per heavy atom. The highest BCUT2D eigenvalue weighted by molar-refractivity contribution is 6.22. The fourth-order valence-corrected chi connectivity index (χ4v) is 6.70. The van der Waals surface area contributed by atoms with Crippen LogP contribution in [0.25, 0.3) is 71.6 Å². The molecule has 0 bridgehead atoms. The fraction of sp³-hybridized carbons (Fsp3) is 0.0488. The average Bonchev–Trinajstić information content (AvgIpc) is 3.46. The van der Waals surface area contributed by atoms with E-state index in [2.05, 4.69) is 163 Å². The van der Waals surface area contributed by atoms with Crippen LogP contribution in [0.1, 0.15) is 12.7 Å². The third kappa shape index (κ3) is 4.14. The van der Waals surface area contributed by atoms with Crippen molar-refractivity contribution in [2.24, 2.45) is 0 Å². The summed E-state index contributed by atoms with van der Waals surface area (Å²) in [6.45, 7) is 2.18. The van der Waals surface area contributed by atoms with Gasteiger partial charge < -0.3 is 0 Å². The van der Waals surface area contributed by atoms with Crippen molar-refractivity contribution in [1.29, 1.82) is 0 Å². The van der Waals surface area contributed by atoms with Crippen molar-refractivity contribution in [3.8, 4) is 39.1 Å². The number of aryl methyl sites for hydroxylation is 1. The third-order valence-electron chi connectivity index (χ3n) is 8.55. The van der Waals surface area contributed by atoms with Crippen LogP contribution in [0, 0.1) is 0 Å². The van der Waals surface area contributed by atoms with Gasteiger partial charge in [0.1, 0.15) is 5.82 Å². The summed E-state index contributed by atoms with van der Waals surface area (Å²) in [5.41, 5.74) is 10.8. The van der Waals surface area contributed by atoms with Crippen molar-refractivity contribution < 1.29 is 0 Å². The molecule has 0 fully saturated rings. The topological polar surface area (TPSA) is 17.8 Å². The highest BCUT2D eigenvalue weighted by atomic mass is 15.1. The molecule has 8 rings (SSSR count). The minimum Gasteiger partial charge on any atom is -0.296 e. The first-order chi connectivity index (χ1) is 21.3. The summed E-state index contributed by atoms with van der Waals surface area (Å²) in [7, 11) is 0. The van der Waals surface area contributed by atoms with E-state index < -0.39 is 0 Å². The number of nitrogens with zero attached hydrogens (tertiary/aromatic N) is 2. The predicted molar refractivity (Wildman–Crippen MR) is 182 cm³/mol. The van der Waals surface area contributed by atoms with Gasteiger partial charge in [-0.25, -0.2) is 4.98 Å². The average molecular weight is 551 g/mol. The minimum absolute atomic E-state index is 0.861. The number of aromatic nitrogens is 2. The molecule has 1 heterocycles. The Hall–Kier alpha value is -5.47. The van der Waals surface area contributed by atoms with Gasteiger partial charge in [-0.2, -0.15) is 0 Å². The number of benzene rings is 7. The third-order valence-corrected chi connectivity index (χ3v) is 8.55. The first-order valence-corrected chi connectivity index (χ1v) is 15.0. The van der Waals surface area contributed by atoms with Gasteiger partial charge in [-0.3, -0.25) is 4.57 Å². The van der Waals surface area contributed by atoms with Gasteiger partial charge in [0.15, 0.2) is 0 Å². The van der Waals surface area contributed by atoms with E-state index in [9.17, 15) is 0 Å². The molecule has 43 heavy (non-hydrogen) atoms. The summed E-state index contributed by atoms with van der Waals surface area (Å²) in [6.07, 6.45) is 0.861. The molecule has 0 saturated heterocycles. The molecule has 0 N–H and O–H groups in total. The molecule has 0 aliphatic rings. The van der Waals surface area contributed by atoms with Gasteiger partial charge in [0.2, 0.25) is 0 Å². The SMILES string of the molecule is CCc1nc2ccccc2n1-c1cccc(-c2c3ccccc3c(-c3ccccc3-c3ccccc3)c3ccccc23)c1. The first-order valence-electron chi connectivity index (χ1n) is 15.0. The Bertz CT molecular complexity index is 2220. The molecular weight excluding hydrogens is 520 g/mol. The molecule has 0 spiro atoms. The summed E-state index contributed by atoms with van der Waals surface area (Å²) in [5.74, 6) is 1.07. The molecule has 0 aliphatic heterocycles. The highest BCUT2D eigenvalue weighted by Crippen LogP contribution is 2.46. The second-order valence-electron chi connectivity index (χ2n) is 11.0. The molecule has 0 saturated carbocycles. The van der Waals surface area contributed by atoms with Crippen LogP contribution in [-0.4, -0.2) is 9.55 Å². The molecule has 204 valence electrons. The second-order valence-corrected chi connectivity index (χ2v) is 11.0. The zero-order chi connectivity index (χ0) is 28.8. The smallest absolute Gasteiger partial charge is 0.114 e. The molecule has 0 aliphatic carbocycles. The van der Waals surface area contributed by atoms with Crippen LogP contribution in [0.15, 0.2) is 152 Å². The Kier molecular flexibility index (Phi) is 6.12. The van der Waals surface area contributed by atoms with Crippen LogP contribution in [0.2, 0.25) is 0 Å². The normalized spacial score (nSPS) is 11.5. The van der Waals surface area contributed by atoms with E-state index in [1.165, 1.54) is 54.9 Å². The number of hydrogen-bond acceptors (Lipinski definition) is 1. The first kappa shape index (κ1) is 25.3. The van der Waals surface area contributed by atoms with E-state index in [1.807, 2.05) is 0 Å². The summed E-state index contributed by atoms with van der Waals surface area (Å²) >= 11 is 0. The molecular formula is C41H30N2. The predicted octanol–water partition coefficient (Wildman–Crippen LogP) is 10.9. The largest absolute Gasteiger partial charge is 0.296 e. The van der Waals surface area contributed by atoms with E-state index in [0.717, 1.165) is 29.0 Å². The van der Waals surface area contributed by atoms with Crippen molar-refractivity contribution in [1.82, 2.24) is 9.55 Å². The summed E-state index contributed by atoms with van der Waals surface area (Å²) in [5, 5.41) is 5.02. The van der Waals surface area contributed by atoms with Crippen LogP contribution in [0.3, 0.4) is 0 Å². The summed E-state index contributed by atoms with van der Waals surface area (Å²) in [4.78, 5) is 4.95. The van der Waals surface area contributed by atoms with E-state index >= 15 is 0 Å². The van der Waals surface area contributed by atoms with E-state index in [-0.39, 0.29) is 0 Å². The number of para-hydroxylation sites is 2. The van der Waals surface area contributed by atoms with Crippen LogP contribution in [0.4, 0.5) is 0 Å². The maximum atomic E-state index is 4.95. The molecule has 7 aromatic carbocycles. The van der Waals surface area contributed by atoms with Gasteiger partial charge in [-0.1, -0.05) is 134 Å². The van der Waals surface area contributed by atoms with Crippen LogP contribution in [0.5, 0.6) is 0 Å². The van der Waals surface area contributed by atoms with Gasteiger partial charge in [-0.05, 0) is 79.2 Å². The zero-order valence-corrected chi connectivity index (χ0v) is 24.0. The van der Waals surface area contributed by atoms with Gasteiger partial charge in [0.25, 0.3) is 0 Å². The fourth-order valence-electron chi connectivity index (χ4n) is 6.70. The van der Waals surface area contributed by atoms with E-state index in [4.69, 9.17) is 4.98 Å². The van der Waals surface area contributed by atoms with Crippen molar-refractivity contribution in [3.05, 3.63) is 157 Å². The highest BCUT2D eigenvalue weighted by Gasteiger charge is 2.19. The Morgan fingerprint density at radius 1 is 0.488 bits per heavy atom. The monoisotopic (exact) mass is 550 g/mol. The molecule has 0 unspecified atom stereocenters. The Labute approximate surface area is 251 Å². The lowest BCUT2D eigenvalue weighted by molar-refractivity contribution is 0.908. The number of imidazole rings is 1. The molecule has 0 radical (unpaired) electrons. The van der Waals surface area contributed by atoms with Gasteiger partial charge in [0, 0.05) is 12.1 Å². The summed E-state index contributed by atoms with van der Waals surface area (Å²) in [6, 6.07) is 54.7. The minimum atomic E-state index is 0.861. The van der Waals surface area contributed by atoms with Crippen LogP contribution >= 0.6 is 0 Å². The quantitative estimate of drug-likeness (QED) is 0.195. The maximum Gasteiger partial charge on any atom is 0.114 e. The van der Waals surface area contributed by atoms with E-state index in [1.54, 1.807) is 0 Å². The molecule has 2 nitrogen and oxygen atoms in total. The lowest BCUT2D eigenvalue weighted by atomic mass is 9.84. The standard InChI is InChI=1S/C41H30N2/c1-2-39-42-37-25-12-13-26-38(37)43(39)30-18-14-17-29(27-30)40-33-21-8-10-23-35(33)41(36-24-11-9-22-34(36)40)32-20-7-6-19-31(32)28-15-4-3-5-16-28/h3-27H,2H2,1H3. The van der Waals surface area contributed by atoms with Gasteiger partial charge in [-0.15, -0.1) is 0 Å². The molecule has 1 aromatic heterocycles. The zero-order valence-electron chi connectivity index (χ0n) is 24.0. The van der Waals surface area contributed by atoms with Crippen molar-refractivity contribution in [2.75, 3.05) is 0 Å². The maximum absolute atomic E-state index is 4.95. The van der Waals surface area contributed by atoms with Crippen molar-refractivity contribution >= 4 is 32.6 Å². The van der Waals surface area contributed by atoms with Gasteiger partial charge in [0.05, 0.1) is 11.0 Å². The number of hydrogen-bond donors (Lipinski definition) is 0. The number of fused-ring (bicyclic) bond motifs is 3. The van der Waals surface area contributed by atoms with Crippen molar-refractivity contribution in [3.63, 3.8) is 0 Å². The lowest BCUT2D eigenvalue weighted by Crippen LogP contribution is -2.00. The second kappa shape index (κ2) is 10.4. The van der Waals surface area contributed by atoms with Crippen LogP contribution in [-0.2, 0) is 6.42 Å². The Balaban J connectivity index is 1.43. The molecule has 0 atom stereocenters. The van der Waals surface area contributed by atoms with E-state index in [0.29, 0.717) is 0 Å². The number of rotatable bonds is 5. The Morgan fingerprint density at radius 2 is 1.05 bits per heavy atom. The van der Waals surface area contributed by atoms with Crippen molar-refractivity contribution in [2.45, 2.75) is 13.3 Å². The lowest BCUT2D eigenvalue weighted by Gasteiger charge is -2.20. The van der Waals surface area contributed by atoms with Crippen LogP contribution < -0.4 is 0 Å². The molecule has 0 amide bonds. The molecule has 8 aromatic rings. The molecule has 2 heteroatoms.